The Kier molecular flexibility index (Phi) is 5.06. The molecule has 0 spiro atoms. The van der Waals surface area contributed by atoms with Gasteiger partial charge in [0.25, 0.3) is 5.91 Å². The topological polar surface area (TPSA) is 42.2 Å². The molecule has 0 aromatic carbocycles. The first-order chi connectivity index (χ1) is 7.60. The van der Waals surface area contributed by atoms with E-state index in [9.17, 15) is 4.79 Å². The highest BCUT2D eigenvalue weighted by Crippen LogP contribution is 2.18. The minimum absolute atomic E-state index is 0.0833. The molecule has 3 nitrogen and oxygen atoms in total. The quantitative estimate of drug-likeness (QED) is 0.899. The van der Waals surface area contributed by atoms with Gasteiger partial charge >= 0.3 is 0 Å². The predicted molar refractivity (Wildman–Crippen MR) is 67.4 cm³/mol. The molecule has 1 atom stereocenters. The zero-order valence-electron chi connectivity index (χ0n) is 9.92. The lowest BCUT2D eigenvalue weighted by molar-refractivity contribution is 0.0923. The highest BCUT2D eigenvalue weighted by molar-refractivity contribution is 9.10. The second-order valence-corrected chi connectivity index (χ2v) is 4.67. The lowest BCUT2D eigenvalue weighted by Crippen LogP contribution is -2.37. The summed E-state index contributed by atoms with van der Waals surface area (Å²) >= 11 is 3.20. The van der Waals surface area contributed by atoms with Gasteiger partial charge in [0.1, 0.15) is 0 Å². The van der Waals surface area contributed by atoms with Gasteiger partial charge in [-0.2, -0.15) is 0 Å². The number of amides is 1. The van der Waals surface area contributed by atoms with E-state index in [2.05, 4.69) is 35.1 Å². The summed E-state index contributed by atoms with van der Waals surface area (Å²) in [6, 6.07) is 1.85. The van der Waals surface area contributed by atoms with Crippen LogP contribution < -0.4 is 5.32 Å². The molecule has 1 N–H and O–H groups in total. The van der Waals surface area contributed by atoms with Crippen LogP contribution in [-0.2, 0) is 0 Å². The fourth-order valence-electron chi connectivity index (χ4n) is 1.85. The molecule has 1 aromatic rings. The van der Waals surface area contributed by atoms with Crippen molar-refractivity contribution in [2.75, 3.05) is 0 Å². The Hall–Kier alpha value is -0.770. The number of furan rings is 1. The molecule has 1 heterocycles. The van der Waals surface area contributed by atoms with Crippen molar-refractivity contribution < 1.29 is 9.21 Å². The van der Waals surface area contributed by atoms with Gasteiger partial charge in [-0.1, -0.05) is 26.7 Å². The normalized spacial score (nSPS) is 12.8. The lowest BCUT2D eigenvalue weighted by atomic mass is 9.95. The van der Waals surface area contributed by atoms with E-state index in [1.807, 2.05) is 6.92 Å². The van der Waals surface area contributed by atoms with Crippen molar-refractivity contribution in [3.63, 3.8) is 0 Å². The maximum atomic E-state index is 11.9. The van der Waals surface area contributed by atoms with Crippen molar-refractivity contribution >= 4 is 21.8 Å². The van der Waals surface area contributed by atoms with Crippen LogP contribution in [0.5, 0.6) is 0 Å². The summed E-state index contributed by atoms with van der Waals surface area (Å²) in [7, 11) is 0. The van der Waals surface area contributed by atoms with Crippen molar-refractivity contribution in [2.45, 2.75) is 39.7 Å². The number of nitrogens with one attached hydrogen (secondary N) is 1. The van der Waals surface area contributed by atoms with Gasteiger partial charge in [-0.3, -0.25) is 4.79 Å². The fourth-order valence-corrected chi connectivity index (χ4v) is 2.27. The molecule has 0 saturated heterocycles. The van der Waals surface area contributed by atoms with Crippen LogP contribution in [0.4, 0.5) is 0 Å². The Bertz CT molecular complexity index is 345. The number of halogens is 1. The number of hydrogen-bond acceptors (Lipinski definition) is 2. The highest BCUT2D eigenvalue weighted by Gasteiger charge is 2.19. The van der Waals surface area contributed by atoms with Gasteiger partial charge < -0.3 is 9.73 Å². The van der Waals surface area contributed by atoms with Crippen molar-refractivity contribution in [3.05, 3.63) is 22.6 Å². The van der Waals surface area contributed by atoms with E-state index in [4.69, 9.17) is 4.42 Å². The molecular formula is C12H18BrNO2. The molecule has 16 heavy (non-hydrogen) atoms. The van der Waals surface area contributed by atoms with E-state index < -0.39 is 0 Å². The molecule has 0 aliphatic heterocycles. The average Bonchev–Trinajstić information content (AvgIpc) is 2.66. The molecule has 0 bridgehead atoms. The molecule has 0 saturated carbocycles. The largest absolute Gasteiger partial charge is 0.457 e. The number of carbonyl (C=O) groups excluding carboxylic acids is 1. The van der Waals surface area contributed by atoms with Gasteiger partial charge in [-0.25, -0.2) is 0 Å². The first-order valence-corrected chi connectivity index (χ1v) is 6.43. The summed E-state index contributed by atoms with van der Waals surface area (Å²) in [4.78, 5) is 11.9. The smallest absolute Gasteiger partial charge is 0.255 e. The van der Waals surface area contributed by atoms with Gasteiger partial charge in [0, 0.05) is 6.04 Å². The Morgan fingerprint density at radius 1 is 1.50 bits per heavy atom. The fraction of sp³-hybridized carbons (Fsp3) is 0.583. The molecule has 1 amide bonds. The maximum absolute atomic E-state index is 11.9. The van der Waals surface area contributed by atoms with E-state index in [0.717, 1.165) is 12.8 Å². The van der Waals surface area contributed by atoms with Gasteiger partial charge in [-0.15, -0.1) is 0 Å². The van der Waals surface area contributed by atoms with Crippen LogP contribution >= 0.6 is 15.9 Å². The van der Waals surface area contributed by atoms with Crippen LogP contribution in [0.25, 0.3) is 0 Å². The third kappa shape index (κ3) is 3.11. The van der Waals surface area contributed by atoms with Crippen LogP contribution in [-0.4, -0.2) is 11.9 Å². The van der Waals surface area contributed by atoms with Gasteiger partial charge in [0.15, 0.2) is 4.67 Å². The van der Waals surface area contributed by atoms with Gasteiger partial charge in [-0.05, 0) is 34.8 Å². The molecular weight excluding hydrogens is 270 g/mol. The van der Waals surface area contributed by atoms with E-state index in [1.165, 1.54) is 6.26 Å². The summed E-state index contributed by atoms with van der Waals surface area (Å²) in [5.74, 6) is 0.439. The summed E-state index contributed by atoms with van der Waals surface area (Å²) in [5.41, 5.74) is 0.554. The van der Waals surface area contributed by atoms with E-state index >= 15 is 0 Å². The first kappa shape index (κ1) is 13.3. The van der Waals surface area contributed by atoms with E-state index in [0.29, 0.717) is 16.2 Å². The van der Waals surface area contributed by atoms with Crippen LogP contribution in [0.3, 0.4) is 0 Å². The monoisotopic (exact) mass is 287 g/mol. The third-order valence-corrected chi connectivity index (χ3v) is 3.59. The van der Waals surface area contributed by atoms with Crippen molar-refractivity contribution in [2.24, 2.45) is 5.92 Å². The number of hydrogen-bond donors (Lipinski definition) is 1. The third-order valence-electron chi connectivity index (χ3n) is 2.98. The van der Waals surface area contributed by atoms with Crippen LogP contribution in [0, 0.1) is 5.92 Å². The van der Waals surface area contributed by atoms with Crippen LogP contribution in [0.1, 0.15) is 44.0 Å². The molecule has 1 aromatic heterocycles. The Morgan fingerprint density at radius 3 is 2.56 bits per heavy atom. The van der Waals surface area contributed by atoms with E-state index in [1.54, 1.807) is 6.07 Å². The second kappa shape index (κ2) is 6.09. The van der Waals surface area contributed by atoms with Crippen molar-refractivity contribution in [3.8, 4) is 0 Å². The minimum atomic E-state index is -0.0833. The van der Waals surface area contributed by atoms with E-state index in [-0.39, 0.29) is 11.9 Å². The molecule has 1 unspecified atom stereocenters. The average molecular weight is 288 g/mol. The Labute approximate surface area is 105 Å². The predicted octanol–water partition coefficient (Wildman–Crippen LogP) is 3.60. The second-order valence-electron chi connectivity index (χ2n) is 3.95. The standard InChI is InChI=1S/C12H18BrNO2/c1-4-9(5-2)8(3)14-12(15)10-6-7-16-11(10)13/h6-9H,4-5H2,1-3H3,(H,14,15). The highest BCUT2D eigenvalue weighted by atomic mass is 79.9. The lowest BCUT2D eigenvalue weighted by Gasteiger charge is -2.22. The van der Waals surface area contributed by atoms with Gasteiger partial charge in [0.05, 0.1) is 11.8 Å². The summed E-state index contributed by atoms with van der Waals surface area (Å²) in [6.45, 7) is 6.33. The van der Waals surface area contributed by atoms with Crippen LogP contribution in [0.15, 0.2) is 21.4 Å². The molecule has 0 aliphatic carbocycles. The van der Waals surface area contributed by atoms with Crippen molar-refractivity contribution in [1.82, 2.24) is 5.32 Å². The van der Waals surface area contributed by atoms with Crippen LogP contribution in [0.2, 0.25) is 0 Å². The maximum Gasteiger partial charge on any atom is 0.255 e. The molecule has 1 rings (SSSR count). The molecule has 90 valence electrons. The Balaban J connectivity index is 2.61. The first-order valence-electron chi connectivity index (χ1n) is 5.64. The van der Waals surface area contributed by atoms with Crippen molar-refractivity contribution in [1.29, 1.82) is 0 Å². The summed E-state index contributed by atoms with van der Waals surface area (Å²) in [5, 5.41) is 3.00. The molecule has 0 fully saturated rings. The minimum Gasteiger partial charge on any atom is -0.457 e. The number of rotatable bonds is 5. The number of carbonyl (C=O) groups is 1. The van der Waals surface area contributed by atoms with Gasteiger partial charge in [0.2, 0.25) is 0 Å². The zero-order chi connectivity index (χ0) is 12.1. The molecule has 4 heteroatoms. The molecule has 0 aliphatic rings. The zero-order valence-corrected chi connectivity index (χ0v) is 11.5. The Morgan fingerprint density at radius 2 is 2.12 bits per heavy atom. The summed E-state index contributed by atoms with van der Waals surface area (Å²) in [6.07, 6.45) is 3.65. The molecule has 0 radical (unpaired) electrons. The summed E-state index contributed by atoms with van der Waals surface area (Å²) < 4.78 is 5.52. The SMILES string of the molecule is CCC(CC)C(C)NC(=O)c1ccoc1Br.